The molecular formula is C23H29Cl2N3O4S. The van der Waals surface area contributed by atoms with E-state index >= 15 is 0 Å². The van der Waals surface area contributed by atoms with E-state index in [1.54, 1.807) is 42.5 Å². The third-order valence-electron chi connectivity index (χ3n) is 4.98. The van der Waals surface area contributed by atoms with Crippen molar-refractivity contribution in [3.8, 4) is 0 Å². The second-order valence-electron chi connectivity index (χ2n) is 7.61. The Labute approximate surface area is 205 Å². The van der Waals surface area contributed by atoms with Gasteiger partial charge in [0.2, 0.25) is 21.8 Å². The molecule has 1 atom stereocenters. The minimum Gasteiger partial charge on any atom is -0.354 e. The molecular weight excluding hydrogens is 485 g/mol. The first-order valence-corrected chi connectivity index (χ1v) is 13.2. The number of nitrogens with zero attached hydrogens (tertiary/aromatic N) is 2. The molecule has 0 spiro atoms. The van der Waals surface area contributed by atoms with Crippen molar-refractivity contribution in [1.29, 1.82) is 0 Å². The fourth-order valence-corrected chi connectivity index (χ4v) is 4.47. The number of hydrogen-bond acceptors (Lipinski definition) is 4. The third-order valence-corrected chi connectivity index (χ3v) is 6.60. The lowest BCUT2D eigenvalue weighted by atomic mass is 10.1. The van der Waals surface area contributed by atoms with E-state index in [1.165, 1.54) is 11.0 Å². The summed E-state index contributed by atoms with van der Waals surface area (Å²) in [7, 11) is -3.80. The Bertz CT molecular complexity index is 1060. The van der Waals surface area contributed by atoms with Gasteiger partial charge in [0, 0.05) is 23.1 Å². The summed E-state index contributed by atoms with van der Waals surface area (Å²) in [4.78, 5) is 27.7. The molecule has 0 aromatic heterocycles. The van der Waals surface area contributed by atoms with Crippen LogP contribution < -0.4 is 9.62 Å². The van der Waals surface area contributed by atoms with Gasteiger partial charge in [-0.1, -0.05) is 55.2 Å². The van der Waals surface area contributed by atoms with Crippen molar-refractivity contribution in [2.75, 3.05) is 23.7 Å². The van der Waals surface area contributed by atoms with Crippen molar-refractivity contribution >= 4 is 50.7 Å². The highest BCUT2D eigenvalue weighted by atomic mass is 35.5. The Balaban J connectivity index is 2.41. The van der Waals surface area contributed by atoms with Gasteiger partial charge in [0.15, 0.2) is 0 Å². The average Bonchev–Trinajstić information content (AvgIpc) is 2.76. The van der Waals surface area contributed by atoms with E-state index in [1.807, 2.05) is 13.8 Å². The molecule has 2 amide bonds. The maximum Gasteiger partial charge on any atom is 0.244 e. The van der Waals surface area contributed by atoms with Crippen LogP contribution in [0.1, 0.15) is 32.3 Å². The molecule has 1 N–H and O–H groups in total. The van der Waals surface area contributed by atoms with Gasteiger partial charge in [-0.2, -0.15) is 0 Å². The number of benzene rings is 2. The van der Waals surface area contributed by atoms with Gasteiger partial charge in [-0.25, -0.2) is 8.42 Å². The molecule has 0 aliphatic rings. The van der Waals surface area contributed by atoms with Gasteiger partial charge in [-0.3, -0.25) is 13.9 Å². The Morgan fingerprint density at radius 1 is 1.03 bits per heavy atom. The first kappa shape index (κ1) is 27.0. The molecule has 0 fully saturated rings. The van der Waals surface area contributed by atoms with Gasteiger partial charge in [0.05, 0.1) is 11.9 Å². The molecule has 0 aliphatic heterocycles. The topological polar surface area (TPSA) is 86.8 Å². The zero-order valence-corrected chi connectivity index (χ0v) is 21.3. The molecule has 7 nitrogen and oxygen atoms in total. The minimum absolute atomic E-state index is 0.126. The first-order chi connectivity index (χ1) is 15.6. The van der Waals surface area contributed by atoms with Gasteiger partial charge >= 0.3 is 0 Å². The molecule has 180 valence electrons. The summed E-state index contributed by atoms with van der Waals surface area (Å²) in [6.07, 6.45) is 2.14. The van der Waals surface area contributed by atoms with Gasteiger partial charge in [-0.05, 0) is 48.7 Å². The van der Waals surface area contributed by atoms with E-state index in [4.69, 9.17) is 23.2 Å². The summed E-state index contributed by atoms with van der Waals surface area (Å²) in [5, 5.41) is 3.73. The molecule has 0 unspecified atom stereocenters. The predicted octanol–water partition coefficient (Wildman–Crippen LogP) is 4.09. The van der Waals surface area contributed by atoms with Crippen LogP contribution in [-0.2, 0) is 26.2 Å². The van der Waals surface area contributed by atoms with Crippen molar-refractivity contribution in [1.82, 2.24) is 10.2 Å². The largest absolute Gasteiger partial charge is 0.354 e. The van der Waals surface area contributed by atoms with Crippen LogP contribution in [0, 0.1) is 0 Å². The fraction of sp³-hybridized carbons (Fsp3) is 0.391. The molecule has 0 aliphatic carbocycles. The van der Waals surface area contributed by atoms with Gasteiger partial charge in [-0.15, -0.1) is 0 Å². The average molecular weight is 514 g/mol. The normalized spacial score (nSPS) is 12.2. The number of anilines is 1. The highest BCUT2D eigenvalue weighted by Crippen LogP contribution is 2.23. The van der Waals surface area contributed by atoms with Crippen LogP contribution in [0.4, 0.5) is 5.69 Å². The number of nitrogens with one attached hydrogen (secondary N) is 1. The van der Waals surface area contributed by atoms with Crippen molar-refractivity contribution in [2.45, 2.75) is 39.3 Å². The molecule has 0 heterocycles. The molecule has 0 radical (unpaired) electrons. The monoisotopic (exact) mass is 513 g/mol. The summed E-state index contributed by atoms with van der Waals surface area (Å²) in [5.41, 5.74) is 1.04. The minimum atomic E-state index is -3.80. The Morgan fingerprint density at radius 3 is 2.24 bits per heavy atom. The summed E-state index contributed by atoms with van der Waals surface area (Å²) in [6.45, 7) is 3.89. The third kappa shape index (κ3) is 7.91. The van der Waals surface area contributed by atoms with E-state index < -0.39 is 28.5 Å². The van der Waals surface area contributed by atoms with Crippen LogP contribution >= 0.6 is 23.2 Å². The number of carbonyl (C=O) groups excluding carboxylic acids is 2. The van der Waals surface area contributed by atoms with E-state index in [9.17, 15) is 18.0 Å². The lowest BCUT2D eigenvalue weighted by Crippen LogP contribution is -2.52. The number of rotatable bonds is 11. The SMILES string of the molecule is CCCNC(=O)[C@@H](CC)N(Cc1ccc(Cl)cc1)C(=O)CN(c1cccc(Cl)c1)S(C)(=O)=O. The number of sulfonamides is 1. The summed E-state index contributed by atoms with van der Waals surface area (Å²) >= 11 is 12.0. The second-order valence-corrected chi connectivity index (χ2v) is 10.4. The van der Waals surface area contributed by atoms with E-state index in [0.29, 0.717) is 23.0 Å². The summed E-state index contributed by atoms with van der Waals surface area (Å²) in [6, 6.07) is 12.4. The highest BCUT2D eigenvalue weighted by molar-refractivity contribution is 7.92. The van der Waals surface area contributed by atoms with Crippen LogP contribution in [0.2, 0.25) is 10.0 Å². The van der Waals surface area contributed by atoms with Crippen molar-refractivity contribution in [3.05, 3.63) is 64.1 Å². The van der Waals surface area contributed by atoms with E-state index in [-0.39, 0.29) is 18.1 Å². The lowest BCUT2D eigenvalue weighted by Gasteiger charge is -2.33. The van der Waals surface area contributed by atoms with Crippen LogP contribution in [0.5, 0.6) is 0 Å². The first-order valence-electron chi connectivity index (χ1n) is 10.6. The number of amides is 2. The van der Waals surface area contributed by atoms with Gasteiger partial charge in [0.25, 0.3) is 0 Å². The lowest BCUT2D eigenvalue weighted by molar-refractivity contribution is -0.140. The number of hydrogen-bond donors (Lipinski definition) is 1. The molecule has 0 bridgehead atoms. The Kier molecular flexibility index (Phi) is 10.0. The molecule has 2 aromatic rings. The molecule has 33 heavy (non-hydrogen) atoms. The van der Waals surface area contributed by atoms with E-state index in [0.717, 1.165) is 22.5 Å². The van der Waals surface area contributed by atoms with Crippen LogP contribution in [0.15, 0.2) is 48.5 Å². The number of carbonyl (C=O) groups is 2. The molecule has 2 aromatic carbocycles. The smallest absolute Gasteiger partial charge is 0.244 e. The predicted molar refractivity (Wildman–Crippen MR) is 133 cm³/mol. The van der Waals surface area contributed by atoms with Crippen molar-refractivity contribution in [2.24, 2.45) is 0 Å². The molecule has 0 saturated carbocycles. The molecule has 2 rings (SSSR count). The standard InChI is InChI=1S/C23H29Cl2N3O4S/c1-4-13-26-23(30)21(5-2)27(15-17-9-11-18(24)12-10-17)22(29)16-28(33(3,31)32)20-8-6-7-19(25)14-20/h6-12,14,21H,4-5,13,15-16H2,1-3H3,(H,26,30)/t21-/m1/s1. The van der Waals surface area contributed by atoms with Crippen molar-refractivity contribution < 1.29 is 18.0 Å². The second kappa shape index (κ2) is 12.3. The summed E-state index contributed by atoms with van der Waals surface area (Å²) in [5.74, 6) is -0.788. The van der Waals surface area contributed by atoms with Crippen LogP contribution in [0.3, 0.4) is 0 Å². The molecule has 0 saturated heterocycles. The van der Waals surface area contributed by atoms with Gasteiger partial charge in [0.1, 0.15) is 12.6 Å². The maximum absolute atomic E-state index is 13.5. The molecule has 10 heteroatoms. The summed E-state index contributed by atoms with van der Waals surface area (Å²) < 4.78 is 26.1. The highest BCUT2D eigenvalue weighted by Gasteiger charge is 2.31. The van der Waals surface area contributed by atoms with E-state index in [2.05, 4.69) is 5.32 Å². The van der Waals surface area contributed by atoms with Crippen molar-refractivity contribution in [3.63, 3.8) is 0 Å². The zero-order valence-electron chi connectivity index (χ0n) is 18.9. The Morgan fingerprint density at radius 2 is 1.70 bits per heavy atom. The van der Waals surface area contributed by atoms with Crippen LogP contribution in [0.25, 0.3) is 0 Å². The Hall–Kier alpha value is -2.29. The quantitative estimate of drug-likeness (QED) is 0.490. The van der Waals surface area contributed by atoms with Gasteiger partial charge < -0.3 is 10.2 Å². The number of halogens is 2. The maximum atomic E-state index is 13.5. The van der Waals surface area contributed by atoms with Crippen LogP contribution in [-0.4, -0.2) is 50.5 Å². The zero-order chi connectivity index (χ0) is 24.6. The fourth-order valence-electron chi connectivity index (χ4n) is 3.32.